The summed E-state index contributed by atoms with van der Waals surface area (Å²) in [4.78, 5) is 15.7. The molecule has 3 heterocycles. The van der Waals surface area contributed by atoms with Crippen LogP contribution in [0.4, 0.5) is 0 Å². The summed E-state index contributed by atoms with van der Waals surface area (Å²) in [5, 5.41) is 22.1. The summed E-state index contributed by atoms with van der Waals surface area (Å²) >= 11 is 3.09. The van der Waals surface area contributed by atoms with Crippen molar-refractivity contribution >= 4 is 29.0 Å². The van der Waals surface area contributed by atoms with Gasteiger partial charge in [0.2, 0.25) is 5.91 Å². The van der Waals surface area contributed by atoms with Gasteiger partial charge in [-0.25, -0.2) is 0 Å². The van der Waals surface area contributed by atoms with Crippen molar-refractivity contribution in [1.29, 1.82) is 0 Å². The Morgan fingerprint density at radius 3 is 2.63 bits per heavy atom. The minimum absolute atomic E-state index is 0.121. The lowest BCUT2D eigenvalue weighted by atomic mass is 9.87. The zero-order valence-corrected chi connectivity index (χ0v) is 18.6. The number of thioether (sulfide) groups is 1. The number of aliphatic hydroxyl groups is 1. The summed E-state index contributed by atoms with van der Waals surface area (Å²) in [6, 6.07) is 13.8. The Labute approximate surface area is 184 Å². The highest BCUT2D eigenvalue weighted by Gasteiger charge is 2.28. The van der Waals surface area contributed by atoms with Crippen LogP contribution >= 0.6 is 23.1 Å². The highest BCUT2D eigenvalue weighted by Crippen LogP contribution is 2.31. The second-order valence-corrected chi connectivity index (χ2v) is 9.28. The lowest BCUT2D eigenvalue weighted by Gasteiger charge is -2.34. The van der Waals surface area contributed by atoms with Crippen molar-refractivity contribution in [2.45, 2.75) is 37.6 Å². The van der Waals surface area contributed by atoms with Gasteiger partial charge in [-0.1, -0.05) is 48.2 Å². The average Bonchev–Trinajstić information content (AvgIpc) is 3.47. The van der Waals surface area contributed by atoms with Gasteiger partial charge in [-0.15, -0.1) is 21.5 Å². The van der Waals surface area contributed by atoms with E-state index in [1.54, 1.807) is 11.3 Å². The summed E-state index contributed by atoms with van der Waals surface area (Å²) in [6.07, 6.45) is 1.18. The third-order valence-electron chi connectivity index (χ3n) is 5.58. The van der Waals surface area contributed by atoms with E-state index in [1.165, 1.54) is 11.8 Å². The molecular formula is C22H26N4O2S2. The second kappa shape index (κ2) is 9.76. The Balaban J connectivity index is 1.31. The van der Waals surface area contributed by atoms with E-state index in [0.717, 1.165) is 40.8 Å². The Kier molecular flexibility index (Phi) is 6.86. The van der Waals surface area contributed by atoms with Crippen LogP contribution in [0.3, 0.4) is 0 Å². The van der Waals surface area contributed by atoms with Gasteiger partial charge in [-0.3, -0.25) is 4.79 Å². The lowest BCUT2D eigenvalue weighted by Crippen LogP contribution is -2.40. The molecule has 4 rings (SSSR count). The first-order valence-corrected chi connectivity index (χ1v) is 12.1. The van der Waals surface area contributed by atoms with Crippen molar-refractivity contribution in [1.82, 2.24) is 19.7 Å². The fourth-order valence-corrected chi connectivity index (χ4v) is 5.50. The van der Waals surface area contributed by atoms with E-state index in [2.05, 4.69) is 21.7 Å². The molecule has 1 aromatic carbocycles. The van der Waals surface area contributed by atoms with Crippen LogP contribution in [-0.4, -0.2) is 49.5 Å². The number of amides is 1. The van der Waals surface area contributed by atoms with Crippen LogP contribution in [0, 0.1) is 5.92 Å². The standard InChI is InChI=1S/C22H26N4O2S2/c1-2-26-21(18-9-6-14-29-18)23-24-22(26)30-15-19(27)25-12-10-17(11-13-25)20(28)16-7-4-3-5-8-16/h3-9,14,17,20,28H,2,10-13,15H2,1H3. The third-order valence-corrected chi connectivity index (χ3v) is 7.40. The van der Waals surface area contributed by atoms with Crippen molar-refractivity contribution in [2.24, 2.45) is 5.92 Å². The first kappa shape index (κ1) is 21.1. The largest absolute Gasteiger partial charge is 0.388 e. The molecule has 1 fully saturated rings. The highest BCUT2D eigenvalue weighted by atomic mass is 32.2. The van der Waals surface area contributed by atoms with E-state index in [-0.39, 0.29) is 11.8 Å². The van der Waals surface area contributed by atoms with Crippen LogP contribution < -0.4 is 0 Å². The van der Waals surface area contributed by atoms with E-state index in [1.807, 2.05) is 52.7 Å². The van der Waals surface area contributed by atoms with Crippen molar-refractivity contribution in [3.05, 3.63) is 53.4 Å². The smallest absolute Gasteiger partial charge is 0.233 e. The van der Waals surface area contributed by atoms with Crippen LogP contribution in [0.2, 0.25) is 0 Å². The van der Waals surface area contributed by atoms with Gasteiger partial charge in [0.25, 0.3) is 0 Å². The number of thiophene rings is 1. The van der Waals surface area contributed by atoms with Gasteiger partial charge < -0.3 is 14.6 Å². The predicted molar refractivity (Wildman–Crippen MR) is 120 cm³/mol. The SMILES string of the molecule is CCn1c(SCC(=O)N2CCC(C(O)c3ccccc3)CC2)nnc1-c1cccs1. The van der Waals surface area contributed by atoms with Crippen LogP contribution in [0.1, 0.15) is 31.4 Å². The van der Waals surface area contributed by atoms with Crippen molar-refractivity contribution in [2.75, 3.05) is 18.8 Å². The molecule has 158 valence electrons. The molecule has 3 aromatic rings. The number of likely N-dealkylation sites (tertiary alicyclic amines) is 1. The van der Waals surface area contributed by atoms with Gasteiger partial charge in [-0.2, -0.15) is 0 Å². The second-order valence-electron chi connectivity index (χ2n) is 7.39. The van der Waals surface area contributed by atoms with Gasteiger partial charge in [-0.05, 0) is 42.7 Å². The molecule has 30 heavy (non-hydrogen) atoms. The monoisotopic (exact) mass is 442 g/mol. The van der Waals surface area contributed by atoms with Gasteiger partial charge in [0.1, 0.15) is 0 Å². The number of carbonyl (C=O) groups excluding carboxylic acids is 1. The molecular weight excluding hydrogens is 416 g/mol. The van der Waals surface area contributed by atoms with Crippen molar-refractivity contribution in [3.8, 4) is 10.7 Å². The Bertz CT molecular complexity index is 951. The molecule has 6 nitrogen and oxygen atoms in total. The van der Waals surface area contributed by atoms with Crippen LogP contribution in [0.15, 0.2) is 53.0 Å². The number of aliphatic hydroxyl groups excluding tert-OH is 1. The number of rotatable bonds is 7. The maximum atomic E-state index is 12.7. The number of carbonyl (C=O) groups is 1. The van der Waals surface area contributed by atoms with Gasteiger partial charge >= 0.3 is 0 Å². The molecule has 1 N–H and O–H groups in total. The van der Waals surface area contributed by atoms with E-state index in [9.17, 15) is 9.90 Å². The zero-order valence-electron chi connectivity index (χ0n) is 17.0. The molecule has 1 atom stereocenters. The highest BCUT2D eigenvalue weighted by molar-refractivity contribution is 7.99. The number of aromatic nitrogens is 3. The first-order chi connectivity index (χ1) is 14.7. The number of nitrogens with zero attached hydrogens (tertiary/aromatic N) is 4. The molecule has 0 bridgehead atoms. The van der Waals surface area contributed by atoms with Gasteiger partial charge in [0.05, 0.1) is 16.7 Å². The quantitative estimate of drug-likeness (QED) is 0.558. The average molecular weight is 443 g/mol. The predicted octanol–water partition coefficient (Wildman–Crippen LogP) is 4.09. The Morgan fingerprint density at radius 1 is 1.20 bits per heavy atom. The third kappa shape index (κ3) is 4.61. The maximum Gasteiger partial charge on any atom is 0.233 e. The number of piperidine rings is 1. The molecule has 1 aliphatic rings. The van der Waals surface area contributed by atoms with Crippen LogP contribution in [0.5, 0.6) is 0 Å². The summed E-state index contributed by atoms with van der Waals surface area (Å²) in [5.74, 6) is 1.53. The molecule has 0 spiro atoms. The molecule has 1 aliphatic heterocycles. The Morgan fingerprint density at radius 2 is 1.97 bits per heavy atom. The van der Waals surface area contributed by atoms with E-state index >= 15 is 0 Å². The molecule has 1 unspecified atom stereocenters. The maximum absolute atomic E-state index is 12.7. The molecule has 1 saturated heterocycles. The van der Waals surface area contributed by atoms with E-state index in [0.29, 0.717) is 18.8 Å². The fourth-order valence-electron chi connectivity index (χ4n) is 3.87. The summed E-state index contributed by atoms with van der Waals surface area (Å²) in [7, 11) is 0. The Hall–Kier alpha value is -2.16. The van der Waals surface area contributed by atoms with Gasteiger partial charge in [0.15, 0.2) is 11.0 Å². The topological polar surface area (TPSA) is 71.2 Å². The minimum atomic E-state index is -0.461. The molecule has 8 heteroatoms. The summed E-state index contributed by atoms with van der Waals surface area (Å²) in [5.41, 5.74) is 0.957. The molecule has 0 aliphatic carbocycles. The van der Waals surface area contributed by atoms with Crippen LogP contribution in [-0.2, 0) is 11.3 Å². The van der Waals surface area contributed by atoms with Crippen LogP contribution in [0.25, 0.3) is 10.7 Å². The molecule has 0 saturated carbocycles. The van der Waals surface area contributed by atoms with Crippen molar-refractivity contribution in [3.63, 3.8) is 0 Å². The number of hydrogen-bond donors (Lipinski definition) is 1. The summed E-state index contributed by atoms with van der Waals surface area (Å²) < 4.78 is 2.06. The normalized spacial score (nSPS) is 16.0. The molecule has 0 radical (unpaired) electrons. The lowest BCUT2D eigenvalue weighted by molar-refractivity contribution is -0.130. The number of hydrogen-bond acceptors (Lipinski definition) is 6. The molecule has 1 amide bonds. The zero-order chi connectivity index (χ0) is 20.9. The van der Waals surface area contributed by atoms with Gasteiger partial charge in [0, 0.05) is 19.6 Å². The van der Waals surface area contributed by atoms with E-state index < -0.39 is 6.10 Å². The minimum Gasteiger partial charge on any atom is -0.388 e. The molecule has 2 aromatic heterocycles. The summed E-state index contributed by atoms with van der Waals surface area (Å²) in [6.45, 7) is 4.21. The van der Waals surface area contributed by atoms with E-state index in [4.69, 9.17) is 0 Å². The first-order valence-electron chi connectivity index (χ1n) is 10.3. The fraction of sp³-hybridized carbons (Fsp3) is 0.409. The number of benzene rings is 1. The van der Waals surface area contributed by atoms with Crippen molar-refractivity contribution < 1.29 is 9.90 Å².